The molecule has 150 valence electrons. The molecule has 8 heteroatoms. The van der Waals surface area contributed by atoms with Crippen LogP contribution in [-0.4, -0.2) is 52.7 Å². The molecule has 3 rings (SSSR count). The van der Waals surface area contributed by atoms with Crippen LogP contribution in [-0.2, 0) is 20.8 Å². The number of benzene rings is 1. The van der Waals surface area contributed by atoms with Crippen molar-refractivity contribution in [3.63, 3.8) is 0 Å². The summed E-state index contributed by atoms with van der Waals surface area (Å²) in [4.78, 5) is 51.1. The van der Waals surface area contributed by atoms with Gasteiger partial charge in [0, 0.05) is 12.6 Å². The van der Waals surface area contributed by atoms with Gasteiger partial charge in [-0.25, -0.2) is 14.1 Å². The van der Waals surface area contributed by atoms with E-state index < -0.39 is 30.3 Å². The Balaban J connectivity index is 1.56. The first kappa shape index (κ1) is 20.0. The summed E-state index contributed by atoms with van der Waals surface area (Å²) in [5, 5.41) is 2.56. The zero-order chi connectivity index (χ0) is 20.3. The molecule has 1 N–H and O–H groups in total. The highest BCUT2D eigenvalue weighted by atomic mass is 19.1. The third-order valence-corrected chi connectivity index (χ3v) is 5.46. The lowest BCUT2D eigenvalue weighted by Gasteiger charge is -2.34. The number of nitrogens with zero attached hydrogens (tertiary/aromatic N) is 2. The molecule has 2 atom stereocenters. The Morgan fingerprint density at radius 3 is 2.57 bits per heavy atom. The molecule has 1 saturated carbocycles. The lowest BCUT2D eigenvalue weighted by molar-refractivity contribution is -0.145. The van der Waals surface area contributed by atoms with Crippen LogP contribution < -0.4 is 5.32 Å². The number of imide groups is 2. The molecule has 5 amide bonds. The highest BCUT2D eigenvalue weighted by molar-refractivity contribution is 6.45. The number of hydrogen-bond donors (Lipinski definition) is 1. The summed E-state index contributed by atoms with van der Waals surface area (Å²) >= 11 is 0. The van der Waals surface area contributed by atoms with Crippen LogP contribution in [0.3, 0.4) is 0 Å². The van der Waals surface area contributed by atoms with Crippen molar-refractivity contribution < 1.29 is 23.6 Å². The molecular weight excluding hydrogens is 365 g/mol. The summed E-state index contributed by atoms with van der Waals surface area (Å²) in [5.74, 6) is -2.62. The van der Waals surface area contributed by atoms with Crippen molar-refractivity contribution in [2.45, 2.75) is 45.1 Å². The van der Waals surface area contributed by atoms with E-state index >= 15 is 0 Å². The topological polar surface area (TPSA) is 86.8 Å². The van der Waals surface area contributed by atoms with Crippen LogP contribution in [0, 0.1) is 11.7 Å². The van der Waals surface area contributed by atoms with Crippen LogP contribution in [0.5, 0.6) is 0 Å². The van der Waals surface area contributed by atoms with E-state index in [1.54, 1.807) is 18.2 Å². The molecule has 1 aliphatic carbocycles. The van der Waals surface area contributed by atoms with Gasteiger partial charge in [0.25, 0.3) is 0 Å². The number of rotatable bonds is 6. The second kappa shape index (κ2) is 8.50. The van der Waals surface area contributed by atoms with Crippen LogP contribution >= 0.6 is 0 Å². The third-order valence-electron chi connectivity index (χ3n) is 5.46. The minimum absolute atomic E-state index is 0.129. The molecule has 2 fully saturated rings. The van der Waals surface area contributed by atoms with Gasteiger partial charge in [-0.3, -0.25) is 19.3 Å². The molecule has 1 saturated heterocycles. The van der Waals surface area contributed by atoms with Crippen LogP contribution in [0.1, 0.15) is 38.2 Å². The zero-order valence-corrected chi connectivity index (χ0v) is 15.8. The smallest absolute Gasteiger partial charge is 0.334 e. The minimum Gasteiger partial charge on any atom is -0.354 e. The quantitative estimate of drug-likeness (QED) is 0.594. The van der Waals surface area contributed by atoms with Crippen molar-refractivity contribution in [2.75, 3.05) is 13.1 Å². The van der Waals surface area contributed by atoms with E-state index in [1.165, 1.54) is 6.07 Å². The second-order valence-electron chi connectivity index (χ2n) is 7.37. The van der Waals surface area contributed by atoms with E-state index in [2.05, 4.69) is 5.32 Å². The highest BCUT2D eigenvalue weighted by Crippen LogP contribution is 2.31. The van der Waals surface area contributed by atoms with Gasteiger partial charge in [0.2, 0.25) is 5.91 Å². The molecule has 0 bridgehead atoms. The summed E-state index contributed by atoms with van der Waals surface area (Å²) in [6, 6.07) is 5.22. The van der Waals surface area contributed by atoms with E-state index in [4.69, 9.17) is 0 Å². The number of halogens is 1. The van der Waals surface area contributed by atoms with Crippen LogP contribution in [0.2, 0.25) is 0 Å². The number of carbonyl (C=O) groups excluding carboxylic acids is 4. The molecule has 7 nitrogen and oxygen atoms in total. The Bertz CT molecular complexity index is 797. The summed E-state index contributed by atoms with van der Waals surface area (Å²) in [7, 11) is 0. The molecular formula is C20H24FN3O4. The molecule has 1 aliphatic heterocycles. The molecule has 1 aromatic rings. The zero-order valence-electron chi connectivity index (χ0n) is 15.8. The largest absolute Gasteiger partial charge is 0.354 e. The van der Waals surface area contributed by atoms with Gasteiger partial charge in [0.15, 0.2) is 0 Å². The van der Waals surface area contributed by atoms with E-state index in [0.29, 0.717) is 16.9 Å². The van der Waals surface area contributed by atoms with Gasteiger partial charge in [-0.2, -0.15) is 0 Å². The van der Waals surface area contributed by atoms with Gasteiger partial charge < -0.3 is 5.32 Å². The van der Waals surface area contributed by atoms with Crippen molar-refractivity contribution in [3.05, 3.63) is 35.6 Å². The first-order chi connectivity index (χ1) is 13.4. The van der Waals surface area contributed by atoms with Gasteiger partial charge in [-0.1, -0.05) is 38.0 Å². The minimum atomic E-state index is -0.966. The molecule has 0 spiro atoms. The van der Waals surface area contributed by atoms with Crippen molar-refractivity contribution in [2.24, 2.45) is 5.92 Å². The Morgan fingerprint density at radius 1 is 1.14 bits per heavy atom. The lowest BCUT2D eigenvalue weighted by Crippen LogP contribution is -2.47. The van der Waals surface area contributed by atoms with Gasteiger partial charge in [-0.05, 0) is 36.8 Å². The van der Waals surface area contributed by atoms with Gasteiger partial charge in [-0.15, -0.1) is 0 Å². The third kappa shape index (κ3) is 4.05. The molecule has 2 aliphatic rings. The fourth-order valence-electron chi connectivity index (χ4n) is 3.87. The predicted octanol–water partition coefficient (Wildman–Crippen LogP) is 1.85. The molecule has 1 heterocycles. The normalized spacial score (nSPS) is 22.7. The first-order valence-corrected chi connectivity index (χ1v) is 9.59. The molecule has 0 unspecified atom stereocenters. The van der Waals surface area contributed by atoms with Gasteiger partial charge >= 0.3 is 17.8 Å². The maximum absolute atomic E-state index is 13.6. The number of carbonyl (C=O) groups is 4. The Morgan fingerprint density at radius 2 is 1.86 bits per heavy atom. The van der Waals surface area contributed by atoms with Crippen molar-refractivity contribution in [3.8, 4) is 0 Å². The second-order valence-corrected chi connectivity index (χ2v) is 7.37. The van der Waals surface area contributed by atoms with E-state index in [0.717, 1.165) is 24.2 Å². The predicted molar refractivity (Wildman–Crippen MR) is 98.5 cm³/mol. The summed E-state index contributed by atoms with van der Waals surface area (Å²) in [6.07, 6.45) is 3.79. The monoisotopic (exact) mass is 389 g/mol. The van der Waals surface area contributed by atoms with Crippen molar-refractivity contribution in [1.29, 1.82) is 0 Å². The van der Waals surface area contributed by atoms with Crippen molar-refractivity contribution >= 4 is 23.8 Å². The van der Waals surface area contributed by atoms with E-state index in [-0.39, 0.29) is 30.7 Å². The lowest BCUT2D eigenvalue weighted by atomic mass is 9.85. The Labute approximate surface area is 162 Å². The van der Waals surface area contributed by atoms with Crippen molar-refractivity contribution in [1.82, 2.24) is 15.1 Å². The molecule has 1 aromatic carbocycles. The number of amides is 5. The number of urea groups is 1. The van der Waals surface area contributed by atoms with Crippen LogP contribution in [0.25, 0.3) is 0 Å². The van der Waals surface area contributed by atoms with E-state index in [9.17, 15) is 23.6 Å². The SMILES string of the molecule is C[C@H]1CCCC[C@H]1N1C(=O)C(=O)N(CC(=O)NCCc2ccccc2F)C1=O. The molecule has 0 radical (unpaired) electrons. The van der Waals surface area contributed by atoms with Gasteiger partial charge in [0.1, 0.15) is 12.4 Å². The molecule has 0 aromatic heterocycles. The van der Waals surface area contributed by atoms with Crippen LogP contribution in [0.15, 0.2) is 24.3 Å². The number of nitrogens with one attached hydrogen (secondary N) is 1. The molecule has 28 heavy (non-hydrogen) atoms. The Kier molecular flexibility index (Phi) is 6.06. The number of hydrogen-bond acceptors (Lipinski definition) is 4. The standard InChI is InChI=1S/C20H24FN3O4/c1-13-6-2-5-9-16(13)24-19(27)18(26)23(20(24)28)12-17(25)22-11-10-14-7-3-4-8-15(14)21/h3-4,7-8,13,16H,2,5-6,9-12H2,1H3,(H,22,25)/t13-,16+/m0/s1. The van der Waals surface area contributed by atoms with E-state index in [1.807, 2.05) is 6.92 Å². The summed E-state index contributed by atoms with van der Waals surface area (Å²) < 4.78 is 13.6. The fraction of sp³-hybridized carbons (Fsp3) is 0.500. The fourth-order valence-corrected chi connectivity index (χ4v) is 3.87. The summed E-state index contributed by atoms with van der Waals surface area (Å²) in [5.41, 5.74) is 0.462. The average Bonchev–Trinajstić information content (AvgIpc) is 2.87. The summed E-state index contributed by atoms with van der Waals surface area (Å²) in [6.45, 7) is 1.61. The highest BCUT2D eigenvalue weighted by Gasteiger charge is 2.49. The van der Waals surface area contributed by atoms with Crippen LogP contribution in [0.4, 0.5) is 9.18 Å². The maximum atomic E-state index is 13.6. The maximum Gasteiger partial charge on any atom is 0.334 e. The Hall–Kier alpha value is -2.77. The average molecular weight is 389 g/mol. The van der Waals surface area contributed by atoms with Gasteiger partial charge in [0.05, 0.1) is 0 Å². The first-order valence-electron chi connectivity index (χ1n) is 9.59.